The Morgan fingerprint density at radius 1 is 0.639 bits per heavy atom. The maximum Gasteiger partial charge on any atom is 0.188 e. The predicted molar refractivity (Wildman–Crippen MR) is 137 cm³/mol. The highest BCUT2D eigenvalue weighted by Crippen LogP contribution is 2.34. The number of allylic oxidation sites excluding steroid dienone is 1. The van der Waals surface area contributed by atoms with Gasteiger partial charge in [-0.05, 0) is 30.3 Å². The van der Waals surface area contributed by atoms with Gasteiger partial charge in [-0.15, -0.1) is 0 Å². The fourth-order valence-electron chi connectivity index (χ4n) is 3.63. The van der Waals surface area contributed by atoms with Gasteiger partial charge in [0, 0.05) is 33.4 Å². The molecular weight excluding hydrogens is 534 g/mol. The lowest BCUT2D eigenvalue weighted by molar-refractivity contribution is -0.00841. The Kier molecular flexibility index (Phi) is 9.88. The van der Waals surface area contributed by atoms with Gasteiger partial charge in [-0.1, -0.05) is 15.9 Å². The predicted octanol–water partition coefficient (Wildman–Crippen LogP) is 3.30. The highest BCUT2D eigenvalue weighted by atomic mass is 79.9. The number of rotatable bonds is 2. The smallest absolute Gasteiger partial charge is 0.188 e. The molecule has 0 atom stereocenters. The Morgan fingerprint density at radius 3 is 1.86 bits per heavy atom. The molecule has 192 valence electrons. The zero-order valence-electron chi connectivity index (χ0n) is 19.8. The number of carbonyl (C=O) groups is 1. The first-order valence-corrected chi connectivity index (χ1v) is 12.5. The van der Waals surface area contributed by atoms with Crippen molar-refractivity contribution in [2.45, 2.75) is 0 Å². The Bertz CT molecular complexity index is 1150. The number of anilines is 1. The van der Waals surface area contributed by atoms with Crippen LogP contribution in [0.1, 0.15) is 15.9 Å². The number of ether oxygens (including phenoxy) is 6. The molecule has 1 N–H and O–H groups in total. The Morgan fingerprint density at radius 2 is 1.22 bits per heavy atom. The van der Waals surface area contributed by atoms with E-state index in [0.717, 1.165) is 0 Å². The Labute approximate surface area is 217 Å². The molecule has 2 aromatic rings. The monoisotopic (exact) mass is 561 g/mol. The average Bonchev–Trinajstić information content (AvgIpc) is 3.02. The molecule has 0 spiro atoms. The lowest BCUT2D eigenvalue weighted by Crippen LogP contribution is -2.16. The summed E-state index contributed by atoms with van der Waals surface area (Å²) < 4.78 is 34.4. The second-order valence-corrected chi connectivity index (χ2v) is 8.82. The van der Waals surface area contributed by atoms with Gasteiger partial charge >= 0.3 is 0 Å². The van der Waals surface area contributed by atoms with E-state index in [1.54, 1.807) is 18.2 Å². The van der Waals surface area contributed by atoms with Gasteiger partial charge in [0.25, 0.3) is 0 Å². The molecule has 0 bridgehead atoms. The van der Waals surface area contributed by atoms with Crippen LogP contribution in [0, 0.1) is 0 Å². The summed E-state index contributed by atoms with van der Waals surface area (Å²) in [6.45, 7) is 4.33. The first-order valence-electron chi connectivity index (χ1n) is 11.7. The second kappa shape index (κ2) is 13.5. The third kappa shape index (κ3) is 7.62. The van der Waals surface area contributed by atoms with Gasteiger partial charge in [0.15, 0.2) is 22.7 Å². The lowest BCUT2D eigenvalue weighted by Gasteiger charge is -2.16. The van der Waals surface area contributed by atoms with E-state index in [1.165, 1.54) is 18.2 Å². The summed E-state index contributed by atoms with van der Waals surface area (Å²) in [5.41, 5.74) is 2.00. The maximum atomic E-state index is 12.5. The van der Waals surface area contributed by atoms with Crippen LogP contribution in [0.3, 0.4) is 0 Å². The molecule has 1 heterocycles. The highest BCUT2D eigenvalue weighted by molar-refractivity contribution is 9.10. The lowest BCUT2D eigenvalue weighted by atomic mass is 10.1. The van der Waals surface area contributed by atoms with E-state index < -0.39 is 0 Å². The van der Waals surface area contributed by atoms with Crippen LogP contribution in [0.2, 0.25) is 0 Å². The van der Waals surface area contributed by atoms with Gasteiger partial charge < -0.3 is 33.7 Å². The summed E-state index contributed by atoms with van der Waals surface area (Å²) >= 11 is 3.30. The van der Waals surface area contributed by atoms with E-state index in [0.29, 0.717) is 105 Å². The first-order chi connectivity index (χ1) is 17.6. The van der Waals surface area contributed by atoms with Crippen LogP contribution >= 0.6 is 15.9 Å². The summed E-state index contributed by atoms with van der Waals surface area (Å²) in [4.78, 5) is 24.7. The van der Waals surface area contributed by atoms with Gasteiger partial charge in [0.2, 0.25) is 0 Å². The maximum absolute atomic E-state index is 12.5. The number of hydrogen-bond donors (Lipinski definition) is 1. The molecular formula is C26H28BrNO8. The van der Waals surface area contributed by atoms with E-state index in [-0.39, 0.29) is 11.2 Å². The van der Waals surface area contributed by atoms with Gasteiger partial charge in [0.1, 0.15) is 13.2 Å². The van der Waals surface area contributed by atoms with E-state index >= 15 is 0 Å². The van der Waals surface area contributed by atoms with Gasteiger partial charge in [-0.2, -0.15) is 0 Å². The third-order valence-electron chi connectivity index (χ3n) is 5.28. The van der Waals surface area contributed by atoms with Crippen LogP contribution in [-0.2, 0) is 18.9 Å². The van der Waals surface area contributed by atoms with Gasteiger partial charge in [0.05, 0.1) is 58.6 Å². The standard InChI is InChI=1S/C26H28BrNO8/c27-18-13-20(29)16-21-22(14-18)24(30)17-23(21)28-19-1-2-25-26(15-19)36-12-10-34-8-6-32-4-3-31-5-7-33-9-11-35-25/h1-2,13-17,28H,3-12H2. The molecule has 0 aromatic heterocycles. The molecule has 36 heavy (non-hydrogen) atoms. The number of benzene rings is 1. The van der Waals surface area contributed by atoms with Crippen molar-refractivity contribution in [3.8, 4) is 11.5 Å². The van der Waals surface area contributed by atoms with E-state index in [1.807, 2.05) is 6.07 Å². The summed E-state index contributed by atoms with van der Waals surface area (Å²) in [7, 11) is 0. The molecule has 0 radical (unpaired) electrons. The largest absolute Gasteiger partial charge is 0.487 e. The SMILES string of the molecule is O=C1C=C(Nc2ccc3c(c2)OCCOCCOCCOCCOCCO3)c2cc(=O)cc(Br)cc21. The van der Waals surface area contributed by atoms with Crippen molar-refractivity contribution in [2.24, 2.45) is 0 Å². The quantitative estimate of drug-likeness (QED) is 0.591. The van der Waals surface area contributed by atoms with Crippen molar-refractivity contribution < 1.29 is 33.2 Å². The van der Waals surface area contributed by atoms with Crippen LogP contribution in [0.15, 0.2) is 51.7 Å². The molecule has 1 aliphatic carbocycles. The number of halogens is 1. The number of fused-ring (bicyclic) bond motifs is 2. The normalized spacial score (nSPS) is 17.9. The summed E-state index contributed by atoms with van der Waals surface area (Å²) in [5.74, 6) is 0.894. The van der Waals surface area contributed by atoms with Crippen molar-refractivity contribution >= 4 is 33.1 Å². The van der Waals surface area contributed by atoms with Crippen LogP contribution in [0.5, 0.6) is 11.5 Å². The van der Waals surface area contributed by atoms with Crippen molar-refractivity contribution in [3.63, 3.8) is 0 Å². The fraction of sp³-hybridized carbons (Fsp3) is 0.385. The van der Waals surface area contributed by atoms with E-state index in [2.05, 4.69) is 21.2 Å². The second-order valence-electron chi connectivity index (χ2n) is 7.90. The molecule has 0 saturated carbocycles. The minimum absolute atomic E-state index is 0.175. The summed E-state index contributed by atoms with van der Waals surface area (Å²) in [6.07, 6.45) is 1.48. The average molecular weight is 562 g/mol. The Balaban J connectivity index is 1.48. The Hall–Kier alpha value is -2.76. The molecule has 0 unspecified atom stereocenters. The van der Waals surface area contributed by atoms with E-state index in [9.17, 15) is 9.59 Å². The molecule has 0 fully saturated rings. The third-order valence-corrected chi connectivity index (χ3v) is 5.74. The van der Waals surface area contributed by atoms with Crippen LogP contribution in [-0.4, -0.2) is 71.9 Å². The molecule has 10 heteroatoms. The zero-order valence-corrected chi connectivity index (χ0v) is 21.3. The minimum Gasteiger partial charge on any atom is -0.487 e. The van der Waals surface area contributed by atoms with Crippen molar-refractivity contribution in [1.29, 1.82) is 0 Å². The van der Waals surface area contributed by atoms with Crippen molar-refractivity contribution in [2.75, 3.05) is 71.4 Å². The fourth-order valence-corrected chi connectivity index (χ4v) is 4.08. The highest BCUT2D eigenvalue weighted by Gasteiger charge is 2.22. The van der Waals surface area contributed by atoms with E-state index in [4.69, 9.17) is 28.4 Å². The number of ketones is 1. The number of hydrogen-bond acceptors (Lipinski definition) is 9. The van der Waals surface area contributed by atoms with Gasteiger partial charge in [-0.25, -0.2) is 0 Å². The number of carbonyl (C=O) groups excluding carboxylic acids is 1. The van der Waals surface area contributed by atoms with Crippen LogP contribution in [0.25, 0.3) is 5.70 Å². The van der Waals surface area contributed by atoms with Crippen molar-refractivity contribution in [3.05, 3.63) is 68.3 Å². The van der Waals surface area contributed by atoms with Gasteiger partial charge in [-0.3, -0.25) is 9.59 Å². The number of nitrogens with one attached hydrogen (secondary N) is 1. The zero-order chi connectivity index (χ0) is 25.2. The molecule has 4 rings (SSSR count). The minimum atomic E-state index is -0.205. The molecule has 9 nitrogen and oxygen atoms in total. The molecule has 1 aliphatic heterocycles. The molecule has 0 saturated heterocycles. The molecule has 0 amide bonds. The molecule has 2 aromatic carbocycles. The summed E-state index contributed by atoms with van der Waals surface area (Å²) in [5, 5.41) is 3.24. The molecule has 2 aliphatic rings. The summed E-state index contributed by atoms with van der Waals surface area (Å²) in [6, 6.07) is 9.91. The van der Waals surface area contributed by atoms with Crippen molar-refractivity contribution in [1.82, 2.24) is 0 Å². The topological polar surface area (TPSA) is 102 Å². The van der Waals surface area contributed by atoms with Crippen LogP contribution < -0.4 is 20.2 Å². The first kappa shape index (κ1) is 26.3. The van der Waals surface area contributed by atoms with Crippen LogP contribution in [0.4, 0.5) is 5.69 Å².